The monoisotopic (exact) mass is 343 g/mol. The molecule has 7 nitrogen and oxygen atoms in total. The molecule has 130 valence electrons. The van der Waals surface area contributed by atoms with Crippen LogP contribution in [0.25, 0.3) is 0 Å². The van der Waals surface area contributed by atoms with Gasteiger partial charge < -0.3 is 15.0 Å². The number of hydrogen-bond acceptors (Lipinski definition) is 5. The lowest BCUT2D eigenvalue weighted by atomic mass is 10.2. The Bertz CT molecular complexity index is 585. The average Bonchev–Trinajstić information content (AvgIpc) is 2.52. The maximum atomic E-state index is 12.1. The molecule has 1 aromatic rings. The van der Waals surface area contributed by atoms with E-state index in [0.717, 1.165) is 13.0 Å². The van der Waals surface area contributed by atoms with Gasteiger partial charge in [0, 0.05) is 25.8 Å². The molecular weight excluding hydrogens is 318 g/mol. The molecule has 0 spiro atoms. The number of ether oxygens (including phenoxy) is 1. The summed E-state index contributed by atoms with van der Waals surface area (Å²) in [5.41, 5.74) is 0.410. The van der Waals surface area contributed by atoms with Crippen LogP contribution in [0.5, 0.6) is 0 Å². The Hall–Kier alpha value is -1.48. The summed E-state index contributed by atoms with van der Waals surface area (Å²) in [6.07, 6.45) is 0.728. The number of benzene rings is 1. The molecule has 0 radical (unpaired) electrons. The van der Waals surface area contributed by atoms with Crippen molar-refractivity contribution in [1.29, 1.82) is 0 Å². The number of nitrogens with one attached hydrogen (secondary N) is 2. The lowest BCUT2D eigenvalue weighted by Gasteiger charge is -2.10. The Labute approximate surface area is 138 Å². The maximum absolute atomic E-state index is 12.1. The molecule has 0 aliphatic heterocycles. The van der Waals surface area contributed by atoms with E-state index in [2.05, 4.69) is 10.0 Å². The van der Waals surface area contributed by atoms with Gasteiger partial charge in [-0.3, -0.25) is 4.79 Å². The second kappa shape index (κ2) is 9.61. The highest BCUT2D eigenvalue weighted by Crippen LogP contribution is 2.10. The van der Waals surface area contributed by atoms with Crippen LogP contribution in [0.1, 0.15) is 16.8 Å². The smallest absolute Gasteiger partial charge is 0.251 e. The van der Waals surface area contributed by atoms with E-state index in [4.69, 9.17) is 4.74 Å². The fourth-order valence-electron chi connectivity index (χ4n) is 1.84. The van der Waals surface area contributed by atoms with Crippen molar-refractivity contribution in [3.63, 3.8) is 0 Å². The Morgan fingerprint density at radius 3 is 2.39 bits per heavy atom. The molecule has 0 saturated carbocycles. The van der Waals surface area contributed by atoms with Gasteiger partial charge in [-0.25, -0.2) is 13.1 Å². The first-order chi connectivity index (χ1) is 10.9. The molecule has 0 aliphatic rings. The average molecular weight is 343 g/mol. The SMILES string of the molecule is COCCNC(=O)c1ccc(S(=O)(=O)NCCCN(C)C)cc1. The van der Waals surface area contributed by atoms with Gasteiger partial charge in [0.25, 0.3) is 5.91 Å². The van der Waals surface area contributed by atoms with Crippen LogP contribution >= 0.6 is 0 Å². The number of sulfonamides is 1. The van der Waals surface area contributed by atoms with Crippen LogP contribution in [-0.4, -0.2) is 66.7 Å². The summed E-state index contributed by atoms with van der Waals surface area (Å²) in [6, 6.07) is 5.85. The first kappa shape index (κ1) is 19.6. The zero-order valence-corrected chi connectivity index (χ0v) is 14.6. The first-order valence-corrected chi connectivity index (χ1v) is 8.86. The third-order valence-corrected chi connectivity index (χ3v) is 4.57. The van der Waals surface area contributed by atoms with E-state index < -0.39 is 10.0 Å². The van der Waals surface area contributed by atoms with E-state index >= 15 is 0 Å². The van der Waals surface area contributed by atoms with Crippen LogP contribution in [0.3, 0.4) is 0 Å². The number of nitrogens with zero attached hydrogens (tertiary/aromatic N) is 1. The lowest BCUT2D eigenvalue weighted by Crippen LogP contribution is -2.28. The van der Waals surface area contributed by atoms with Gasteiger partial charge in [0.2, 0.25) is 10.0 Å². The normalized spacial score (nSPS) is 11.7. The fourth-order valence-corrected chi connectivity index (χ4v) is 2.91. The van der Waals surface area contributed by atoms with Crippen LogP contribution in [0, 0.1) is 0 Å². The molecule has 0 aliphatic carbocycles. The molecule has 0 heterocycles. The van der Waals surface area contributed by atoms with Crippen molar-refractivity contribution < 1.29 is 17.9 Å². The number of rotatable bonds is 10. The second-order valence-corrected chi connectivity index (χ2v) is 7.09. The van der Waals surface area contributed by atoms with E-state index in [1.807, 2.05) is 19.0 Å². The Morgan fingerprint density at radius 1 is 1.17 bits per heavy atom. The van der Waals surface area contributed by atoms with E-state index in [-0.39, 0.29) is 10.8 Å². The topological polar surface area (TPSA) is 87.7 Å². The first-order valence-electron chi connectivity index (χ1n) is 7.38. The van der Waals surface area contributed by atoms with Gasteiger partial charge in [0.05, 0.1) is 11.5 Å². The van der Waals surface area contributed by atoms with E-state index in [1.54, 1.807) is 7.11 Å². The largest absolute Gasteiger partial charge is 0.383 e. The molecule has 1 aromatic carbocycles. The third kappa shape index (κ3) is 7.08. The van der Waals surface area contributed by atoms with Crippen molar-refractivity contribution in [1.82, 2.24) is 14.9 Å². The maximum Gasteiger partial charge on any atom is 0.251 e. The number of amides is 1. The van der Waals surface area contributed by atoms with Crippen molar-refractivity contribution in [2.75, 3.05) is 47.4 Å². The molecule has 0 bridgehead atoms. The molecule has 1 amide bonds. The summed E-state index contributed by atoms with van der Waals surface area (Å²) in [5.74, 6) is -0.259. The minimum Gasteiger partial charge on any atom is -0.383 e. The van der Waals surface area contributed by atoms with Crippen LogP contribution in [0.15, 0.2) is 29.2 Å². The Balaban J connectivity index is 2.58. The van der Waals surface area contributed by atoms with E-state index in [1.165, 1.54) is 24.3 Å². The summed E-state index contributed by atoms with van der Waals surface area (Å²) in [4.78, 5) is 14.0. The highest BCUT2D eigenvalue weighted by Gasteiger charge is 2.14. The van der Waals surface area contributed by atoms with Gasteiger partial charge in [-0.05, 0) is 51.3 Å². The summed E-state index contributed by atoms with van der Waals surface area (Å²) < 4.78 is 31.7. The molecule has 23 heavy (non-hydrogen) atoms. The number of carbonyl (C=O) groups is 1. The van der Waals surface area contributed by atoms with Crippen LogP contribution in [0.2, 0.25) is 0 Å². The van der Waals surface area contributed by atoms with Crippen LogP contribution in [-0.2, 0) is 14.8 Å². The van der Waals surface area contributed by atoms with Gasteiger partial charge in [0.15, 0.2) is 0 Å². The van der Waals surface area contributed by atoms with Gasteiger partial charge >= 0.3 is 0 Å². The Kier molecular flexibility index (Phi) is 8.18. The minimum absolute atomic E-state index is 0.149. The minimum atomic E-state index is -3.54. The summed E-state index contributed by atoms with van der Waals surface area (Å²) in [6.45, 7) is 2.01. The van der Waals surface area contributed by atoms with Gasteiger partial charge in [-0.1, -0.05) is 0 Å². The number of carbonyl (C=O) groups excluding carboxylic acids is 1. The van der Waals surface area contributed by atoms with Crippen molar-refractivity contribution in [2.24, 2.45) is 0 Å². The molecule has 0 fully saturated rings. The zero-order valence-electron chi connectivity index (χ0n) is 13.8. The highest BCUT2D eigenvalue weighted by molar-refractivity contribution is 7.89. The number of hydrogen-bond donors (Lipinski definition) is 2. The lowest BCUT2D eigenvalue weighted by molar-refractivity contribution is 0.0937. The van der Waals surface area contributed by atoms with Crippen molar-refractivity contribution >= 4 is 15.9 Å². The molecular formula is C15H25N3O4S. The predicted octanol–water partition coefficient (Wildman–Crippen LogP) is 0.293. The summed E-state index contributed by atoms with van der Waals surface area (Å²) >= 11 is 0. The zero-order chi connectivity index (χ0) is 17.3. The molecule has 0 atom stereocenters. The van der Waals surface area contributed by atoms with Gasteiger partial charge in [-0.2, -0.15) is 0 Å². The second-order valence-electron chi connectivity index (χ2n) is 5.33. The number of methoxy groups -OCH3 is 1. The molecule has 0 unspecified atom stereocenters. The quantitative estimate of drug-likeness (QED) is 0.596. The van der Waals surface area contributed by atoms with Crippen LogP contribution in [0.4, 0.5) is 0 Å². The Morgan fingerprint density at radius 2 is 1.83 bits per heavy atom. The van der Waals surface area contributed by atoms with Gasteiger partial charge in [0.1, 0.15) is 0 Å². The van der Waals surface area contributed by atoms with E-state index in [0.29, 0.717) is 25.3 Å². The van der Waals surface area contributed by atoms with Crippen molar-refractivity contribution in [3.05, 3.63) is 29.8 Å². The van der Waals surface area contributed by atoms with Crippen LogP contribution < -0.4 is 10.0 Å². The molecule has 8 heteroatoms. The predicted molar refractivity (Wildman–Crippen MR) is 89.0 cm³/mol. The van der Waals surface area contributed by atoms with Crippen molar-refractivity contribution in [3.8, 4) is 0 Å². The molecule has 2 N–H and O–H groups in total. The van der Waals surface area contributed by atoms with E-state index in [9.17, 15) is 13.2 Å². The van der Waals surface area contributed by atoms with Crippen molar-refractivity contribution in [2.45, 2.75) is 11.3 Å². The highest BCUT2D eigenvalue weighted by atomic mass is 32.2. The third-order valence-electron chi connectivity index (χ3n) is 3.09. The summed E-state index contributed by atoms with van der Waals surface area (Å²) in [7, 11) is 1.88. The molecule has 1 rings (SSSR count). The molecule has 0 saturated heterocycles. The fraction of sp³-hybridized carbons (Fsp3) is 0.533. The molecule has 0 aromatic heterocycles. The summed E-state index contributed by atoms with van der Waals surface area (Å²) in [5, 5.41) is 2.68. The standard InChI is InChI=1S/C15H25N3O4S/c1-18(2)11-4-9-17-23(20,21)14-7-5-13(6-8-14)15(19)16-10-12-22-3/h5-8,17H,4,9-12H2,1-3H3,(H,16,19). The van der Waals surface area contributed by atoms with Gasteiger partial charge in [-0.15, -0.1) is 0 Å².